The van der Waals surface area contributed by atoms with Crippen LogP contribution in [0.5, 0.6) is 11.5 Å². The minimum absolute atomic E-state index is 0.0553. The van der Waals surface area contributed by atoms with Crippen molar-refractivity contribution < 1.29 is 38.8 Å². The molecular formula is C48H60N2O8S2. The Morgan fingerprint density at radius 2 is 1.80 bits per heavy atom. The van der Waals surface area contributed by atoms with Gasteiger partial charge in [-0.1, -0.05) is 48.3 Å². The van der Waals surface area contributed by atoms with E-state index < -0.39 is 12.1 Å². The van der Waals surface area contributed by atoms with E-state index in [9.17, 15) is 15.0 Å². The van der Waals surface area contributed by atoms with E-state index in [0.717, 1.165) is 96.0 Å². The molecule has 7 atom stereocenters. The molecule has 12 heteroatoms. The first-order chi connectivity index (χ1) is 29.4. The summed E-state index contributed by atoms with van der Waals surface area (Å²) >= 11 is 3.45. The van der Waals surface area contributed by atoms with Gasteiger partial charge in [-0.3, -0.25) is 4.79 Å². The number of aliphatic hydroxyl groups excluding tert-OH is 2. The highest BCUT2D eigenvalue weighted by Crippen LogP contribution is 2.63. The number of benzene rings is 3. The molecule has 0 bridgehead atoms. The molecule has 4 aliphatic rings. The monoisotopic (exact) mass is 856 g/mol. The van der Waals surface area contributed by atoms with E-state index in [0.29, 0.717) is 26.1 Å². The maximum absolute atomic E-state index is 11.8. The second-order valence-corrected chi connectivity index (χ2v) is 18.4. The number of hydrogen-bond acceptors (Lipinski definition) is 11. The lowest BCUT2D eigenvalue weighted by Crippen LogP contribution is -2.64. The lowest BCUT2D eigenvalue weighted by atomic mass is 9.56. The largest absolute Gasteiger partial charge is 0.493 e. The van der Waals surface area contributed by atoms with Gasteiger partial charge < -0.3 is 39.3 Å². The van der Waals surface area contributed by atoms with Crippen molar-refractivity contribution in [3.8, 4) is 11.5 Å². The minimum atomic E-state index is -1.13. The maximum Gasteiger partial charge on any atom is 0.231 e. The highest BCUT2D eigenvalue weighted by atomic mass is 32.2. The van der Waals surface area contributed by atoms with Crippen molar-refractivity contribution in [1.82, 2.24) is 0 Å². The number of anilines is 1. The molecule has 3 aromatic carbocycles. The quantitative estimate of drug-likeness (QED) is 0.0413. The first kappa shape index (κ1) is 44.3. The maximum atomic E-state index is 11.8. The Bertz CT molecular complexity index is 1920. The number of nitrogens with one attached hydrogen (secondary N) is 1. The van der Waals surface area contributed by atoms with E-state index in [4.69, 9.17) is 28.9 Å². The first-order valence-electron chi connectivity index (χ1n) is 21.6. The summed E-state index contributed by atoms with van der Waals surface area (Å²) in [5.41, 5.74) is 3.74. The summed E-state index contributed by atoms with van der Waals surface area (Å²) in [6.07, 6.45) is 12.1. The molecule has 2 heterocycles. The summed E-state index contributed by atoms with van der Waals surface area (Å²) in [6, 6.07) is 24.5. The van der Waals surface area contributed by atoms with Crippen LogP contribution in [0.15, 0.2) is 112 Å². The fourth-order valence-corrected chi connectivity index (χ4v) is 11.3. The molecule has 3 N–H and O–H groups in total. The van der Waals surface area contributed by atoms with Gasteiger partial charge in [0.15, 0.2) is 0 Å². The number of allylic oxidation sites excluding steroid dienone is 1. The molecule has 2 fully saturated rings. The number of carbonyl (C=O) groups is 1. The molecule has 1 saturated heterocycles. The first-order valence-corrected chi connectivity index (χ1v) is 23.5. The molecule has 0 spiro atoms. The number of thioether (sulfide) groups is 2. The second-order valence-electron chi connectivity index (χ2n) is 16.0. The highest BCUT2D eigenvalue weighted by Gasteiger charge is 2.64. The van der Waals surface area contributed by atoms with Crippen molar-refractivity contribution in [3.63, 3.8) is 0 Å². The van der Waals surface area contributed by atoms with Gasteiger partial charge in [0.25, 0.3) is 0 Å². The van der Waals surface area contributed by atoms with E-state index in [1.54, 1.807) is 29.6 Å². The number of unbranched alkanes of at least 4 members (excludes halogenated alkanes) is 2. The molecule has 2 aliphatic carbocycles. The number of aliphatic hydroxyl groups is 2. The van der Waals surface area contributed by atoms with E-state index >= 15 is 0 Å². The van der Waals surface area contributed by atoms with E-state index in [1.807, 2.05) is 42.5 Å². The molecule has 322 valence electrons. The number of rotatable bonds is 21. The Hall–Kier alpha value is -3.78. The van der Waals surface area contributed by atoms with Crippen LogP contribution in [0.3, 0.4) is 0 Å². The smallest absolute Gasteiger partial charge is 0.231 e. The third kappa shape index (κ3) is 10.8. The van der Waals surface area contributed by atoms with Crippen LogP contribution in [0, 0.1) is 17.8 Å². The topological polar surface area (TPSA) is 128 Å². The highest BCUT2D eigenvalue weighted by molar-refractivity contribution is 8.00. The molecule has 1 saturated carbocycles. The van der Waals surface area contributed by atoms with Crippen LogP contribution < -0.4 is 14.8 Å². The SMILES string of the molecule is C=CCOC12Oc3ccc(OCCSc4ccccc4)cc3C3C(CCCCO)C(CCCCO)C=C(C(=NOC4CCCCO4)CC1Sc1ccc(NC(C)=O)cc1)C32. The summed E-state index contributed by atoms with van der Waals surface area (Å²) in [4.78, 5) is 20.3. The van der Waals surface area contributed by atoms with Gasteiger partial charge in [-0.2, -0.15) is 0 Å². The third-order valence-electron chi connectivity index (χ3n) is 11.9. The predicted molar refractivity (Wildman–Crippen MR) is 239 cm³/mol. The molecule has 3 aromatic rings. The molecule has 60 heavy (non-hydrogen) atoms. The minimum Gasteiger partial charge on any atom is -0.493 e. The van der Waals surface area contributed by atoms with Gasteiger partial charge in [-0.15, -0.1) is 30.1 Å². The average molecular weight is 857 g/mol. The normalized spacial score (nSPS) is 26.2. The number of oxime groups is 1. The van der Waals surface area contributed by atoms with E-state index in [1.165, 1.54) is 11.8 Å². The number of hydrogen-bond donors (Lipinski definition) is 3. The molecule has 1 amide bonds. The average Bonchev–Trinajstić information content (AvgIpc) is 3.26. The Kier molecular flexibility index (Phi) is 16.1. The van der Waals surface area contributed by atoms with Gasteiger partial charge in [0, 0.05) is 65.7 Å². The van der Waals surface area contributed by atoms with Crippen LogP contribution >= 0.6 is 23.5 Å². The number of nitrogens with zero attached hydrogens (tertiary/aromatic N) is 1. The Morgan fingerprint density at radius 1 is 1.00 bits per heavy atom. The third-order valence-corrected chi connectivity index (χ3v) is 14.2. The molecule has 7 rings (SSSR count). The van der Waals surface area contributed by atoms with Crippen LogP contribution in [0.4, 0.5) is 5.69 Å². The Labute approximate surface area is 363 Å². The van der Waals surface area contributed by atoms with Crippen molar-refractivity contribution in [2.45, 2.75) is 104 Å². The van der Waals surface area contributed by atoms with E-state index in [2.05, 4.69) is 48.3 Å². The standard InChI is InChI=1S/C48H60N2O8S2/c1-3-26-56-48-44(60-38-21-18-35(19-22-38)49-33(2)53)32-42(50-58-45-17-9-12-27-55-45)40-30-34(13-7-10-24-51)39(16-8-11-25-52)46(47(40)48)41-31-36(20-23-43(41)57-48)54-28-29-59-37-14-5-4-6-15-37/h3-6,14-15,18-23,30-31,34,39,44-47,51-52H,1,7-13,16-17,24-29,32H2,2H3,(H,49,53). The van der Waals surface area contributed by atoms with Gasteiger partial charge in [0.05, 0.1) is 36.7 Å². The summed E-state index contributed by atoms with van der Waals surface area (Å²) in [5, 5.41) is 27.4. The zero-order valence-corrected chi connectivity index (χ0v) is 36.3. The molecule has 0 aromatic heterocycles. The van der Waals surface area contributed by atoms with Gasteiger partial charge in [-0.25, -0.2) is 0 Å². The fourth-order valence-electron chi connectivity index (χ4n) is 9.25. The Balaban J connectivity index is 1.33. The number of amides is 1. The van der Waals surface area contributed by atoms with Crippen molar-refractivity contribution >= 4 is 40.8 Å². The van der Waals surface area contributed by atoms with Crippen molar-refractivity contribution in [2.75, 3.05) is 44.1 Å². The van der Waals surface area contributed by atoms with Crippen molar-refractivity contribution in [1.29, 1.82) is 0 Å². The van der Waals surface area contributed by atoms with Crippen LogP contribution in [0.2, 0.25) is 0 Å². The molecular weight excluding hydrogens is 797 g/mol. The van der Waals surface area contributed by atoms with E-state index in [-0.39, 0.29) is 54.6 Å². The second kappa shape index (κ2) is 21.8. The van der Waals surface area contributed by atoms with Crippen molar-refractivity contribution in [2.24, 2.45) is 22.9 Å². The van der Waals surface area contributed by atoms with Crippen molar-refractivity contribution in [3.05, 3.63) is 103 Å². The van der Waals surface area contributed by atoms with Crippen LogP contribution in [0.1, 0.15) is 82.6 Å². The summed E-state index contributed by atoms with van der Waals surface area (Å²) in [7, 11) is 0. The summed E-state index contributed by atoms with van der Waals surface area (Å²) < 4.78 is 26.9. The van der Waals surface area contributed by atoms with Crippen LogP contribution in [0.25, 0.3) is 0 Å². The van der Waals surface area contributed by atoms with Gasteiger partial charge in [0.1, 0.15) is 11.5 Å². The molecule has 10 nitrogen and oxygen atoms in total. The molecule has 7 unspecified atom stereocenters. The van der Waals surface area contributed by atoms with Crippen LogP contribution in [-0.2, 0) is 19.1 Å². The Morgan fingerprint density at radius 3 is 2.53 bits per heavy atom. The molecule has 2 aliphatic heterocycles. The molecule has 0 radical (unpaired) electrons. The van der Waals surface area contributed by atoms with Crippen LogP contribution in [-0.4, -0.2) is 77.9 Å². The number of fused-ring (bicyclic) bond motifs is 2. The zero-order valence-electron chi connectivity index (χ0n) is 34.7. The summed E-state index contributed by atoms with van der Waals surface area (Å²) in [6.45, 7) is 7.33. The van der Waals surface area contributed by atoms with Gasteiger partial charge >= 0.3 is 0 Å². The lowest BCUT2D eigenvalue weighted by molar-refractivity contribution is -0.223. The predicted octanol–water partition coefficient (Wildman–Crippen LogP) is 9.77. The zero-order chi connectivity index (χ0) is 41.7. The number of carbonyl (C=O) groups excluding carboxylic acids is 1. The van der Waals surface area contributed by atoms with Gasteiger partial charge in [-0.05, 0) is 111 Å². The summed E-state index contributed by atoms with van der Waals surface area (Å²) in [5.74, 6) is 1.13. The van der Waals surface area contributed by atoms with Gasteiger partial charge in [0.2, 0.25) is 18.0 Å². The lowest BCUT2D eigenvalue weighted by Gasteiger charge is -2.58. The number of ether oxygens (including phenoxy) is 4. The fraction of sp³-hybridized carbons (Fsp3) is 0.500.